The molecular formula is C28H18BrF7N2O. The zero-order chi connectivity index (χ0) is 28.4. The first-order valence-electron chi connectivity index (χ1n) is 11.3. The van der Waals surface area contributed by atoms with Crippen LogP contribution in [0.2, 0.25) is 0 Å². The molecule has 4 aromatic rings. The van der Waals surface area contributed by atoms with Gasteiger partial charge in [0.15, 0.2) is 0 Å². The van der Waals surface area contributed by atoms with E-state index in [1.54, 1.807) is 36.4 Å². The van der Waals surface area contributed by atoms with E-state index in [1.165, 1.54) is 24.4 Å². The summed E-state index contributed by atoms with van der Waals surface area (Å²) in [5.74, 6) is -2.64. The van der Waals surface area contributed by atoms with E-state index in [0.29, 0.717) is 22.2 Å². The third-order valence-corrected chi connectivity index (χ3v) is 6.49. The van der Waals surface area contributed by atoms with Crippen molar-refractivity contribution in [1.29, 1.82) is 0 Å². The van der Waals surface area contributed by atoms with Crippen LogP contribution in [0, 0.1) is 5.82 Å². The first-order chi connectivity index (χ1) is 18.3. The van der Waals surface area contributed by atoms with Crippen molar-refractivity contribution < 1.29 is 35.5 Å². The molecule has 0 aliphatic heterocycles. The second-order valence-electron chi connectivity index (χ2n) is 8.65. The van der Waals surface area contributed by atoms with Crippen LogP contribution in [0.1, 0.15) is 38.3 Å². The number of aromatic nitrogens is 1. The van der Waals surface area contributed by atoms with Crippen molar-refractivity contribution in [3.8, 4) is 0 Å². The quantitative estimate of drug-likeness (QED) is 0.225. The summed E-state index contributed by atoms with van der Waals surface area (Å²) in [6, 6.07) is 17.5. The van der Waals surface area contributed by atoms with E-state index >= 15 is 0 Å². The molecule has 1 heterocycles. The van der Waals surface area contributed by atoms with Crippen molar-refractivity contribution in [3.05, 3.63) is 135 Å². The van der Waals surface area contributed by atoms with Crippen molar-refractivity contribution in [2.45, 2.75) is 24.3 Å². The number of rotatable bonds is 6. The van der Waals surface area contributed by atoms with Crippen molar-refractivity contribution in [3.63, 3.8) is 0 Å². The summed E-state index contributed by atoms with van der Waals surface area (Å²) < 4.78 is 95.6. The van der Waals surface area contributed by atoms with Gasteiger partial charge in [-0.15, -0.1) is 0 Å². The maximum atomic E-state index is 13.9. The third-order valence-electron chi connectivity index (χ3n) is 6.02. The van der Waals surface area contributed by atoms with E-state index in [0.717, 1.165) is 18.2 Å². The van der Waals surface area contributed by atoms with Crippen LogP contribution in [0.4, 0.5) is 30.7 Å². The van der Waals surface area contributed by atoms with E-state index in [4.69, 9.17) is 0 Å². The van der Waals surface area contributed by atoms with Crippen molar-refractivity contribution in [1.82, 2.24) is 10.3 Å². The van der Waals surface area contributed by atoms with Crippen molar-refractivity contribution in [2.24, 2.45) is 0 Å². The van der Waals surface area contributed by atoms with Gasteiger partial charge in [-0.1, -0.05) is 42.5 Å². The van der Waals surface area contributed by atoms with E-state index in [1.807, 2.05) is 0 Å². The van der Waals surface area contributed by atoms with Gasteiger partial charge in [0.1, 0.15) is 11.4 Å². The lowest BCUT2D eigenvalue weighted by atomic mass is 9.79. The van der Waals surface area contributed by atoms with Crippen LogP contribution in [0.25, 0.3) is 0 Å². The van der Waals surface area contributed by atoms with Gasteiger partial charge in [0.05, 0.1) is 16.8 Å². The van der Waals surface area contributed by atoms with Crippen LogP contribution in [0.5, 0.6) is 0 Å². The molecule has 202 valence electrons. The Morgan fingerprint density at radius 2 is 1.49 bits per heavy atom. The van der Waals surface area contributed by atoms with E-state index in [-0.39, 0.29) is 17.7 Å². The van der Waals surface area contributed by atoms with Gasteiger partial charge in [0.25, 0.3) is 5.91 Å². The molecule has 0 aliphatic carbocycles. The standard InChI is InChI=1S/C28H18BrF7N2O/c29-21-10-12-24(37-16-21)26(15-17-5-2-1-3-6-17,19-7-4-8-20(14-19)27(31,32)33)38-25(39)18-9-11-23(30)22(13-18)28(34,35)36/h1-14,16H,15H2,(H,38,39). The Morgan fingerprint density at radius 3 is 2.10 bits per heavy atom. The number of alkyl halides is 6. The molecule has 0 saturated heterocycles. The highest BCUT2D eigenvalue weighted by atomic mass is 79.9. The Morgan fingerprint density at radius 1 is 0.795 bits per heavy atom. The minimum atomic E-state index is -5.07. The van der Waals surface area contributed by atoms with Crippen LogP contribution in [0.3, 0.4) is 0 Å². The van der Waals surface area contributed by atoms with Crippen LogP contribution in [-0.4, -0.2) is 10.9 Å². The number of benzene rings is 3. The second kappa shape index (κ2) is 10.8. The van der Waals surface area contributed by atoms with Gasteiger partial charge in [-0.3, -0.25) is 9.78 Å². The summed E-state index contributed by atoms with van der Waals surface area (Å²) in [6.45, 7) is 0. The highest BCUT2D eigenvalue weighted by molar-refractivity contribution is 9.10. The summed E-state index contributed by atoms with van der Waals surface area (Å²) in [4.78, 5) is 17.8. The highest BCUT2D eigenvalue weighted by Gasteiger charge is 2.41. The SMILES string of the molecule is O=C(NC(Cc1ccccc1)(c1cccc(C(F)(F)F)c1)c1ccc(Br)cn1)c1ccc(F)c(C(F)(F)F)c1. The molecule has 0 spiro atoms. The maximum Gasteiger partial charge on any atom is 0.419 e. The predicted octanol–water partition coefficient (Wildman–Crippen LogP) is 7.94. The Kier molecular flexibility index (Phi) is 7.83. The molecule has 0 aliphatic rings. The Bertz CT molecular complexity index is 1470. The lowest BCUT2D eigenvalue weighted by molar-refractivity contribution is -0.140. The number of carbonyl (C=O) groups excluding carboxylic acids is 1. The molecule has 3 aromatic carbocycles. The topological polar surface area (TPSA) is 42.0 Å². The van der Waals surface area contributed by atoms with Crippen LogP contribution in [0.15, 0.2) is 95.6 Å². The Labute approximate surface area is 226 Å². The molecule has 0 fully saturated rings. The molecule has 1 N–H and O–H groups in total. The minimum absolute atomic E-state index is 0.0116. The molecule has 11 heteroatoms. The smallest absolute Gasteiger partial charge is 0.337 e. The van der Waals surface area contributed by atoms with E-state index in [9.17, 15) is 35.5 Å². The first kappa shape index (κ1) is 28.3. The third kappa shape index (κ3) is 6.30. The van der Waals surface area contributed by atoms with Crippen LogP contribution in [-0.2, 0) is 24.3 Å². The molecule has 4 rings (SSSR count). The number of hydrogen-bond donors (Lipinski definition) is 1. The molecule has 1 aromatic heterocycles. The molecule has 0 radical (unpaired) electrons. The van der Waals surface area contributed by atoms with Crippen LogP contribution < -0.4 is 5.32 Å². The molecule has 1 unspecified atom stereocenters. The van der Waals surface area contributed by atoms with Crippen LogP contribution >= 0.6 is 15.9 Å². The monoisotopic (exact) mass is 610 g/mol. The van der Waals surface area contributed by atoms with Crippen molar-refractivity contribution in [2.75, 3.05) is 0 Å². The summed E-state index contributed by atoms with van der Waals surface area (Å²) in [5, 5.41) is 2.65. The highest BCUT2D eigenvalue weighted by Crippen LogP contribution is 2.38. The van der Waals surface area contributed by atoms with Gasteiger partial charge in [-0.25, -0.2) is 4.39 Å². The van der Waals surface area contributed by atoms with Gasteiger partial charge in [0.2, 0.25) is 0 Å². The minimum Gasteiger partial charge on any atom is -0.337 e. The van der Waals surface area contributed by atoms with E-state index in [2.05, 4.69) is 26.2 Å². The Hall–Kier alpha value is -3.73. The number of carbonyl (C=O) groups is 1. The van der Waals surface area contributed by atoms with Crippen molar-refractivity contribution >= 4 is 21.8 Å². The van der Waals surface area contributed by atoms with Gasteiger partial charge in [0, 0.05) is 22.7 Å². The summed E-state index contributed by atoms with van der Waals surface area (Å²) in [7, 11) is 0. The summed E-state index contributed by atoms with van der Waals surface area (Å²) in [5.41, 5.74) is -4.24. The zero-order valence-corrected chi connectivity index (χ0v) is 21.3. The number of nitrogens with zero attached hydrogens (tertiary/aromatic N) is 1. The Balaban J connectivity index is 1.94. The fraction of sp³-hybridized carbons (Fsp3) is 0.143. The van der Waals surface area contributed by atoms with Gasteiger partial charge in [-0.2, -0.15) is 26.3 Å². The number of hydrogen-bond acceptors (Lipinski definition) is 2. The summed E-state index contributed by atoms with van der Waals surface area (Å²) in [6.07, 6.45) is -8.52. The lowest BCUT2D eigenvalue weighted by Crippen LogP contribution is -2.49. The largest absolute Gasteiger partial charge is 0.419 e. The second-order valence-corrected chi connectivity index (χ2v) is 9.57. The van der Waals surface area contributed by atoms with E-state index < -0.39 is 46.3 Å². The zero-order valence-electron chi connectivity index (χ0n) is 19.7. The normalized spacial score (nSPS) is 13.5. The van der Waals surface area contributed by atoms with Gasteiger partial charge < -0.3 is 5.32 Å². The average molecular weight is 611 g/mol. The molecule has 0 bridgehead atoms. The fourth-order valence-electron chi connectivity index (χ4n) is 4.16. The van der Waals surface area contributed by atoms with Gasteiger partial charge in [-0.05, 0) is 69.5 Å². The molecule has 39 heavy (non-hydrogen) atoms. The molecule has 3 nitrogen and oxygen atoms in total. The number of halogens is 8. The number of amides is 1. The molecule has 1 amide bonds. The van der Waals surface area contributed by atoms with Gasteiger partial charge >= 0.3 is 12.4 Å². The first-order valence-corrected chi connectivity index (χ1v) is 12.1. The maximum absolute atomic E-state index is 13.9. The predicted molar refractivity (Wildman–Crippen MR) is 133 cm³/mol. The number of pyridine rings is 1. The molecule has 1 atom stereocenters. The molecular weight excluding hydrogens is 593 g/mol. The molecule has 0 saturated carbocycles. The average Bonchev–Trinajstić information content (AvgIpc) is 2.88. The lowest BCUT2D eigenvalue weighted by Gasteiger charge is -2.36. The fourth-order valence-corrected chi connectivity index (χ4v) is 4.40. The summed E-state index contributed by atoms with van der Waals surface area (Å²) >= 11 is 3.25. The number of nitrogens with one attached hydrogen (secondary N) is 1.